The molecule has 0 saturated heterocycles. The van der Waals surface area contributed by atoms with E-state index >= 15 is 0 Å². The van der Waals surface area contributed by atoms with Crippen LogP contribution in [0.5, 0.6) is 5.75 Å². The van der Waals surface area contributed by atoms with Crippen molar-refractivity contribution in [2.75, 3.05) is 7.11 Å². The Morgan fingerprint density at radius 2 is 2.22 bits per heavy atom. The van der Waals surface area contributed by atoms with Gasteiger partial charge in [-0.05, 0) is 51.3 Å². The smallest absolute Gasteiger partial charge is 0.226 e. The lowest BCUT2D eigenvalue weighted by molar-refractivity contribution is -0.128. The van der Waals surface area contributed by atoms with Gasteiger partial charge in [-0.1, -0.05) is 0 Å². The maximum absolute atomic E-state index is 12.3. The molecule has 3 unspecified atom stereocenters. The summed E-state index contributed by atoms with van der Waals surface area (Å²) in [5.41, 5.74) is 1.78. The molecule has 3 atom stereocenters. The summed E-state index contributed by atoms with van der Waals surface area (Å²) < 4.78 is 11.2. The average Bonchev–Trinajstić information content (AvgIpc) is 3.11. The first-order valence-electron chi connectivity index (χ1n) is 8.06. The molecule has 0 spiro atoms. The van der Waals surface area contributed by atoms with Crippen LogP contribution in [0.1, 0.15) is 43.6 Å². The Morgan fingerprint density at radius 3 is 2.87 bits per heavy atom. The van der Waals surface area contributed by atoms with Gasteiger partial charge in [-0.25, -0.2) is 0 Å². The van der Waals surface area contributed by atoms with Gasteiger partial charge in [0.05, 0.1) is 25.2 Å². The normalized spacial score (nSPS) is 22.3. The molecule has 23 heavy (non-hydrogen) atoms. The van der Waals surface area contributed by atoms with Crippen molar-refractivity contribution in [1.29, 1.82) is 0 Å². The molecule has 1 heterocycles. The molecule has 0 aliphatic heterocycles. The highest BCUT2D eigenvalue weighted by molar-refractivity contribution is 5.84. The van der Waals surface area contributed by atoms with Crippen molar-refractivity contribution in [3.05, 3.63) is 29.5 Å². The van der Waals surface area contributed by atoms with Crippen LogP contribution >= 0.6 is 0 Å². The van der Waals surface area contributed by atoms with Gasteiger partial charge in [0.15, 0.2) is 0 Å². The van der Waals surface area contributed by atoms with Gasteiger partial charge >= 0.3 is 0 Å². The Labute approximate surface area is 135 Å². The van der Waals surface area contributed by atoms with Crippen molar-refractivity contribution in [2.45, 2.75) is 45.3 Å². The highest BCUT2D eigenvalue weighted by Gasteiger charge is 2.32. The van der Waals surface area contributed by atoms with Crippen molar-refractivity contribution < 1.29 is 19.1 Å². The Hall–Kier alpha value is -2.01. The lowest BCUT2D eigenvalue weighted by Crippen LogP contribution is -2.36. The van der Waals surface area contributed by atoms with E-state index in [4.69, 9.17) is 9.15 Å². The van der Waals surface area contributed by atoms with Gasteiger partial charge in [0, 0.05) is 10.9 Å². The number of carbonyl (C=O) groups is 1. The zero-order valence-corrected chi connectivity index (χ0v) is 13.8. The second-order valence-corrected chi connectivity index (χ2v) is 6.29. The number of furan rings is 1. The Kier molecular flexibility index (Phi) is 4.31. The van der Waals surface area contributed by atoms with Crippen LogP contribution in [0.3, 0.4) is 0 Å². The first-order valence-corrected chi connectivity index (χ1v) is 8.06. The number of aryl methyl sites for hydroxylation is 1. The van der Waals surface area contributed by atoms with Crippen LogP contribution in [0.2, 0.25) is 0 Å². The molecule has 1 saturated carbocycles. The van der Waals surface area contributed by atoms with Crippen LogP contribution < -0.4 is 10.1 Å². The molecule has 1 aliphatic rings. The molecule has 5 heteroatoms. The lowest BCUT2D eigenvalue weighted by Gasteiger charge is -2.18. The van der Waals surface area contributed by atoms with E-state index < -0.39 is 6.10 Å². The average molecular weight is 317 g/mol. The third kappa shape index (κ3) is 2.93. The fourth-order valence-corrected chi connectivity index (χ4v) is 3.39. The van der Waals surface area contributed by atoms with Crippen molar-refractivity contribution in [1.82, 2.24) is 5.32 Å². The number of hydrogen-bond acceptors (Lipinski definition) is 4. The summed E-state index contributed by atoms with van der Waals surface area (Å²) in [7, 11) is 1.63. The molecule has 2 aromatic rings. The molecule has 1 aliphatic carbocycles. The summed E-state index contributed by atoms with van der Waals surface area (Å²) in [4.78, 5) is 12.3. The SMILES string of the molecule is COc1ccc2oc(C(C)NC(=O)C3CCCC3O)c(C)c2c1. The van der Waals surface area contributed by atoms with Gasteiger partial charge in [0.1, 0.15) is 17.1 Å². The van der Waals surface area contributed by atoms with E-state index in [1.807, 2.05) is 32.0 Å². The highest BCUT2D eigenvalue weighted by Crippen LogP contribution is 2.32. The number of ether oxygens (including phenoxy) is 1. The van der Waals surface area contributed by atoms with E-state index in [0.29, 0.717) is 6.42 Å². The number of benzene rings is 1. The minimum Gasteiger partial charge on any atom is -0.497 e. The number of nitrogens with one attached hydrogen (secondary N) is 1. The Balaban J connectivity index is 1.81. The quantitative estimate of drug-likeness (QED) is 0.909. The standard InChI is InChI=1S/C18H23NO4/c1-10-14-9-12(22-3)7-8-16(14)23-17(10)11(2)19-18(21)13-5-4-6-15(13)20/h7-9,11,13,15,20H,4-6H2,1-3H3,(H,19,21). The summed E-state index contributed by atoms with van der Waals surface area (Å²) in [6.45, 7) is 3.88. The number of hydrogen-bond donors (Lipinski definition) is 2. The fraction of sp³-hybridized carbons (Fsp3) is 0.500. The van der Waals surface area contributed by atoms with E-state index in [1.165, 1.54) is 0 Å². The van der Waals surface area contributed by atoms with Gasteiger partial charge in [-0.15, -0.1) is 0 Å². The predicted molar refractivity (Wildman–Crippen MR) is 87.4 cm³/mol. The second kappa shape index (κ2) is 6.24. The maximum atomic E-state index is 12.3. The van der Waals surface area contributed by atoms with Gasteiger partial charge < -0.3 is 19.6 Å². The molecule has 1 aromatic carbocycles. The molecule has 0 bridgehead atoms. The topological polar surface area (TPSA) is 71.7 Å². The molecular weight excluding hydrogens is 294 g/mol. The van der Waals surface area contributed by atoms with E-state index in [1.54, 1.807) is 7.11 Å². The number of rotatable bonds is 4. The van der Waals surface area contributed by atoms with Gasteiger partial charge in [-0.3, -0.25) is 4.79 Å². The molecule has 1 aromatic heterocycles. The molecule has 1 amide bonds. The second-order valence-electron chi connectivity index (χ2n) is 6.29. The van der Waals surface area contributed by atoms with E-state index in [-0.39, 0.29) is 17.9 Å². The van der Waals surface area contributed by atoms with Crippen molar-refractivity contribution in [3.63, 3.8) is 0 Å². The van der Waals surface area contributed by atoms with Crippen LogP contribution in [0, 0.1) is 12.8 Å². The number of aliphatic hydroxyl groups excluding tert-OH is 1. The Morgan fingerprint density at radius 1 is 1.43 bits per heavy atom. The summed E-state index contributed by atoms with van der Waals surface area (Å²) >= 11 is 0. The van der Waals surface area contributed by atoms with Gasteiger partial charge in [-0.2, -0.15) is 0 Å². The van der Waals surface area contributed by atoms with E-state index in [0.717, 1.165) is 40.9 Å². The van der Waals surface area contributed by atoms with Crippen molar-refractivity contribution in [2.24, 2.45) is 5.92 Å². The largest absolute Gasteiger partial charge is 0.497 e. The molecular formula is C18H23NO4. The first-order chi connectivity index (χ1) is 11.0. The van der Waals surface area contributed by atoms with Gasteiger partial charge in [0.2, 0.25) is 5.91 Å². The zero-order chi connectivity index (χ0) is 16.6. The summed E-state index contributed by atoms with van der Waals surface area (Å²) in [5.74, 6) is 1.12. The molecule has 124 valence electrons. The number of amides is 1. The number of methoxy groups -OCH3 is 1. The van der Waals surface area contributed by atoms with Crippen molar-refractivity contribution >= 4 is 16.9 Å². The first kappa shape index (κ1) is 15.9. The summed E-state index contributed by atoms with van der Waals surface area (Å²) in [5, 5.41) is 13.8. The fourth-order valence-electron chi connectivity index (χ4n) is 3.39. The minimum atomic E-state index is -0.525. The van der Waals surface area contributed by atoms with Crippen LogP contribution in [0.4, 0.5) is 0 Å². The predicted octanol–water partition coefficient (Wildman–Crippen LogP) is 3.09. The Bertz CT molecular complexity index is 721. The van der Waals surface area contributed by atoms with Crippen LogP contribution in [-0.2, 0) is 4.79 Å². The molecule has 3 rings (SSSR count). The number of carbonyl (C=O) groups excluding carboxylic acids is 1. The lowest BCUT2D eigenvalue weighted by atomic mass is 10.0. The van der Waals surface area contributed by atoms with Gasteiger partial charge in [0.25, 0.3) is 0 Å². The van der Waals surface area contributed by atoms with Crippen LogP contribution in [0.15, 0.2) is 22.6 Å². The molecule has 2 N–H and O–H groups in total. The summed E-state index contributed by atoms with van der Waals surface area (Å²) in [6.07, 6.45) is 1.83. The molecule has 0 radical (unpaired) electrons. The number of aliphatic hydroxyl groups is 1. The monoisotopic (exact) mass is 317 g/mol. The maximum Gasteiger partial charge on any atom is 0.226 e. The van der Waals surface area contributed by atoms with Crippen LogP contribution in [0.25, 0.3) is 11.0 Å². The third-order valence-corrected chi connectivity index (χ3v) is 4.75. The zero-order valence-electron chi connectivity index (χ0n) is 13.8. The van der Waals surface area contributed by atoms with Crippen molar-refractivity contribution in [3.8, 4) is 5.75 Å². The third-order valence-electron chi connectivity index (χ3n) is 4.75. The molecule has 5 nitrogen and oxygen atoms in total. The summed E-state index contributed by atoms with van der Waals surface area (Å²) in [6, 6.07) is 5.42. The molecule has 1 fully saturated rings. The highest BCUT2D eigenvalue weighted by atomic mass is 16.5. The van der Waals surface area contributed by atoms with E-state index in [2.05, 4.69) is 5.32 Å². The number of fused-ring (bicyclic) bond motifs is 1. The van der Waals surface area contributed by atoms with E-state index in [9.17, 15) is 9.90 Å². The van der Waals surface area contributed by atoms with Crippen LogP contribution in [-0.4, -0.2) is 24.2 Å². The minimum absolute atomic E-state index is 0.0973.